The number of nitrogens with one attached hydrogen (secondary N) is 1. The molecule has 0 aliphatic carbocycles. The molecule has 0 fully saturated rings. The number of aromatic nitrogens is 3. The van der Waals surface area contributed by atoms with Gasteiger partial charge in [0.15, 0.2) is 0 Å². The Kier molecular flexibility index (Phi) is 4.28. The number of rotatable bonds is 5. The Morgan fingerprint density at radius 3 is 3.06 bits per heavy atom. The zero-order valence-electron chi connectivity index (χ0n) is 9.68. The van der Waals surface area contributed by atoms with Gasteiger partial charge >= 0.3 is 0 Å². The number of halogens is 1. The summed E-state index contributed by atoms with van der Waals surface area (Å²) in [5, 5.41) is 3.43. The molecule has 90 valence electrons. The molecule has 1 N–H and O–H groups in total. The topological polar surface area (TPSA) is 42.7 Å². The molecule has 0 aromatic carbocycles. The van der Waals surface area contributed by atoms with Gasteiger partial charge in [0.1, 0.15) is 4.60 Å². The van der Waals surface area contributed by atoms with Crippen molar-refractivity contribution in [2.45, 2.75) is 26.1 Å². The van der Waals surface area contributed by atoms with Crippen LogP contribution in [0.5, 0.6) is 0 Å². The van der Waals surface area contributed by atoms with Crippen LogP contribution >= 0.6 is 15.9 Å². The molecular formula is C12H15BrN4. The molecule has 1 atom stereocenters. The van der Waals surface area contributed by atoms with Crippen LogP contribution in [0, 0.1) is 0 Å². The van der Waals surface area contributed by atoms with Crippen molar-refractivity contribution in [3.63, 3.8) is 0 Å². The number of hydrogen-bond acceptors (Lipinski definition) is 3. The predicted molar refractivity (Wildman–Crippen MR) is 70.5 cm³/mol. The lowest BCUT2D eigenvalue weighted by Crippen LogP contribution is -2.29. The van der Waals surface area contributed by atoms with Crippen LogP contribution < -0.4 is 5.32 Å². The molecular weight excluding hydrogens is 280 g/mol. The fourth-order valence-corrected chi connectivity index (χ4v) is 1.98. The van der Waals surface area contributed by atoms with Crippen LogP contribution in [-0.2, 0) is 13.1 Å². The maximum Gasteiger partial charge on any atom is 0.106 e. The molecule has 0 saturated heterocycles. The summed E-state index contributed by atoms with van der Waals surface area (Å²) in [6.07, 6.45) is 5.59. The second-order valence-corrected chi connectivity index (χ2v) is 4.81. The highest BCUT2D eigenvalue weighted by atomic mass is 79.9. The highest BCUT2D eigenvalue weighted by Gasteiger charge is 2.03. The first-order valence-corrected chi connectivity index (χ1v) is 6.34. The van der Waals surface area contributed by atoms with Crippen molar-refractivity contribution in [2.75, 3.05) is 0 Å². The first-order valence-electron chi connectivity index (χ1n) is 5.54. The Balaban J connectivity index is 1.82. The fourth-order valence-electron chi connectivity index (χ4n) is 1.60. The second kappa shape index (κ2) is 5.93. The largest absolute Gasteiger partial charge is 0.336 e. The third kappa shape index (κ3) is 3.94. The summed E-state index contributed by atoms with van der Waals surface area (Å²) < 4.78 is 2.94. The SMILES string of the molecule is CC(Cn1ccnc1)NCc1cccc(Br)n1. The average molecular weight is 295 g/mol. The Morgan fingerprint density at radius 2 is 2.35 bits per heavy atom. The van der Waals surface area contributed by atoms with Crippen LogP contribution in [0.25, 0.3) is 0 Å². The molecule has 0 saturated carbocycles. The zero-order chi connectivity index (χ0) is 12.1. The maximum absolute atomic E-state index is 4.38. The highest BCUT2D eigenvalue weighted by molar-refractivity contribution is 9.10. The first kappa shape index (κ1) is 12.3. The number of nitrogens with zero attached hydrogens (tertiary/aromatic N) is 3. The van der Waals surface area contributed by atoms with Crippen molar-refractivity contribution in [2.24, 2.45) is 0 Å². The Labute approximate surface area is 109 Å². The molecule has 2 heterocycles. The maximum atomic E-state index is 4.38. The van der Waals surface area contributed by atoms with Gasteiger partial charge in [-0.1, -0.05) is 6.07 Å². The van der Waals surface area contributed by atoms with E-state index < -0.39 is 0 Å². The lowest BCUT2D eigenvalue weighted by molar-refractivity contribution is 0.473. The van der Waals surface area contributed by atoms with Crippen LogP contribution in [0.3, 0.4) is 0 Å². The number of pyridine rings is 1. The minimum absolute atomic E-state index is 0.380. The monoisotopic (exact) mass is 294 g/mol. The second-order valence-electron chi connectivity index (χ2n) is 3.99. The molecule has 0 amide bonds. The van der Waals surface area contributed by atoms with E-state index in [0.717, 1.165) is 23.4 Å². The van der Waals surface area contributed by atoms with Crippen molar-refractivity contribution >= 4 is 15.9 Å². The molecule has 17 heavy (non-hydrogen) atoms. The van der Waals surface area contributed by atoms with E-state index in [4.69, 9.17) is 0 Å². The van der Waals surface area contributed by atoms with Gasteiger partial charge < -0.3 is 9.88 Å². The molecule has 0 aliphatic heterocycles. The number of hydrogen-bond donors (Lipinski definition) is 1. The lowest BCUT2D eigenvalue weighted by atomic mass is 10.3. The Morgan fingerprint density at radius 1 is 1.47 bits per heavy atom. The fraction of sp³-hybridized carbons (Fsp3) is 0.333. The van der Waals surface area contributed by atoms with Crippen molar-refractivity contribution in [1.29, 1.82) is 0 Å². The molecule has 0 aliphatic rings. The first-order chi connectivity index (χ1) is 8.24. The summed E-state index contributed by atoms with van der Waals surface area (Å²) in [5.74, 6) is 0. The predicted octanol–water partition coefficient (Wildman–Crippen LogP) is 2.22. The van der Waals surface area contributed by atoms with Crippen LogP contribution in [0.4, 0.5) is 0 Å². The van der Waals surface area contributed by atoms with E-state index >= 15 is 0 Å². The molecule has 0 bridgehead atoms. The van der Waals surface area contributed by atoms with Crippen LogP contribution in [-0.4, -0.2) is 20.6 Å². The lowest BCUT2D eigenvalue weighted by Gasteiger charge is -2.14. The minimum Gasteiger partial charge on any atom is -0.336 e. The van der Waals surface area contributed by atoms with Gasteiger partial charge in [0, 0.05) is 31.5 Å². The van der Waals surface area contributed by atoms with E-state index in [9.17, 15) is 0 Å². The molecule has 1 unspecified atom stereocenters. The van der Waals surface area contributed by atoms with Crippen molar-refractivity contribution in [3.8, 4) is 0 Å². The van der Waals surface area contributed by atoms with Gasteiger partial charge in [0.2, 0.25) is 0 Å². The van der Waals surface area contributed by atoms with Crippen molar-refractivity contribution < 1.29 is 0 Å². The van der Waals surface area contributed by atoms with E-state index in [0.29, 0.717) is 6.04 Å². The number of imidazole rings is 1. The summed E-state index contributed by atoms with van der Waals surface area (Å²) in [4.78, 5) is 8.40. The van der Waals surface area contributed by atoms with Gasteiger partial charge in [-0.3, -0.25) is 0 Å². The molecule has 4 nitrogen and oxygen atoms in total. The summed E-state index contributed by atoms with van der Waals surface area (Å²) in [7, 11) is 0. The molecule has 2 rings (SSSR count). The van der Waals surface area contributed by atoms with E-state index in [-0.39, 0.29) is 0 Å². The molecule has 2 aromatic rings. The summed E-state index contributed by atoms with van der Waals surface area (Å²) >= 11 is 3.37. The van der Waals surface area contributed by atoms with E-state index in [1.807, 2.05) is 30.7 Å². The van der Waals surface area contributed by atoms with E-state index in [1.54, 1.807) is 6.20 Å². The van der Waals surface area contributed by atoms with Gasteiger partial charge in [-0.25, -0.2) is 9.97 Å². The third-order valence-corrected chi connectivity index (χ3v) is 2.89. The van der Waals surface area contributed by atoms with E-state index in [1.165, 1.54) is 0 Å². The summed E-state index contributed by atoms with van der Waals surface area (Å²) in [6, 6.07) is 6.32. The summed E-state index contributed by atoms with van der Waals surface area (Å²) in [6.45, 7) is 3.83. The van der Waals surface area contributed by atoms with Gasteiger partial charge in [-0.05, 0) is 35.0 Å². The standard InChI is InChI=1S/C12H15BrN4/c1-10(8-17-6-5-14-9-17)15-7-11-3-2-4-12(13)16-11/h2-6,9-10,15H,7-8H2,1H3. The smallest absolute Gasteiger partial charge is 0.106 e. The molecule has 5 heteroatoms. The Bertz CT molecular complexity index is 455. The van der Waals surface area contributed by atoms with Crippen molar-refractivity contribution in [3.05, 3.63) is 47.2 Å². The van der Waals surface area contributed by atoms with Gasteiger partial charge in [-0.2, -0.15) is 0 Å². The van der Waals surface area contributed by atoms with E-state index in [2.05, 4.69) is 42.7 Å². The van der Waals surface area contributed by atoms with Gasteiger partial charge in [-0.15, -0.1) is 0 Å². The normalized spacial score (nSPS) is 12.6. The minimum atomic E-state index is 0.380. The third-order valence-electron chi connectivity index (χ3n) is 2.45. The average Bonchev–Trinajstić information content (AvgIpc) is 2.79. The van der Waals surface area contributed by atoms with Gasteiger partial charge in [0.05, 0.1) is 12.0 Å². The quantitative estimate of drug-likeness (QED) is 0.860. The molecule has 2 aromatic heterocycles. The van der Waals surface area contributed by atoms with Crippen molar-refractivity contribution in [1.82, 2.24) is 19.9 Å². The van der Waals surface area contributed by atoms with Crippen LogP contribution in [0.15, 0.2) is 41.5 Å². The highest BCUT2D eigenvalue weighted by Crippen LogP contribution is 2.06. The zero-order valence-corrected chi connectivity index (χ0v) is 11.3. The Hall–Kier alpha value is -1.20. The molecule has 0 spiro atoms. The molecule has 0 radical (unpaired) electrons. The van der Waals surface area contributed by atoms with Crippen LogP contribution in [0.1, 0.15) is 12.6 Å². The van der Waals surface area contributed by atoms with Crippen LogP contribution in [0.2, 0.25) is 0 Å². The van der Waals surface area contributed by atoms with Gasteiger partial charge in [0.25, 0.3) is 0 Å². The summed E-state index contributed by atoms with van der Waals surface area (Å²) in [5.41, 5.74) is 1.04.